The Morgan fingerprint density at radius 2 is 1.64 bits per heavy atom. The van der Waals surface area contributed by atoms with Gasteiger partial charge in [-0.2, -0.15) is 0 Å². The third kappa shape index (κ3) is 13.2. The van der Waals surface area contributed by atoms with Crippen molar-refractivity contribution in [2.45, 2.75) is 161 Å². The molecule has 8 rings (SSSR count). The van der Waals surface area contributed by atoms with E-state index in [0.717, 1.165) is 126 Å². The first-order valence-corrected chi connectivity index (χ1v) is 25.5. The average molecular weight is 897 g/mol. The molecule has 3 unspecified atom stereocenters. The lowest BCUT2D eigenvalue weighted by Crippen LogP contribution is -2.61. The van der Waals surface area contributed by atoms with Gasteiger partial charge in [-0.05, 0) is 219 Å². The van der Waals surface area contributed by atoms with Gasteiger partial charge in [-0.1, -0.05) is 55.0 Å². The van der Waals surface area contributed by atoms with Gasteiger partial charge in [0.1, 0.15) is 23.8 Å². The Hall–Kier alpha value is -4.89. The number of benzene rings is 2. The third-order valence-electron chi connectivity index (χ3n) is 14.8. The summed E-state index contributed by atoms with van der Waals surface area (Å²) in [5, 5.41) is 3.63. The summed E-state index contributed by atoms with van der Waals surface area (Å²) < 4.78 is 17.9. The fourth-order valence-electron chi connectivity index (χ4n) is 10.8. The molecular formula is C57H76N4O5. The number of ether oxygens (including phenoxy) is 3. The first kappa shape index (κ1) is 47.6. The quantitative estimate of drug-likeness (QED) is 0.212. The Kier molecular flexibility index (Phi) is 16.4. The zero-order chi connectivity index (χ0) is 45.9. The Balaban J connectivity index is 0.828. The molecule has 0 bridgehead atoms. The summed E-state index contributed by atoms with van der Waals surface area (Å²) in [6, 6.07) is 21.7. The summed E-state index contributed by atoms with van der Waals surface area (Å²) in [7, 11) is 0. The molecule has 0 radical (unpaired) electrons. The maximum Gasteiger partial charge on any atom is 0.410 e. The van der Waals surface area contributed by atoms with E-state index in [9.17, 15) is 9.59 Å². The van der Waals surface area contributed by atoms with E-state index in [1.165, 1.54) is 65.5 Å². The molecule has 9 nitrogen and oxygen atoms in total. The van der Waals surface area contributed by atoms with Crippen LogP contribution in [0, 0.1) is 11.8 Å². The number of likely N-dealkylation sites (tertiary alicyclic amines) is 2. The molecule has 5 aliphatic rings. The van der Waals surface area contributed by atoms with E-state index >= 15 is 0 Å². The minimum absolute atomic E-state index is 0.0673. The third-order valence-corrected chi connectivity index (χ3v) is 14.8. The molecule has 66 heavy (non-hydrogen) atoms. The van der Waals surface area contributed by atoms with Crippen LogP contribution in [-0.4, -0.2) is 71.3 Å². The van der Waals surface area contributed by atoms with Crippen molar-refractivity contribution in [1.29, 1.82) is 0 Å². The summed E-state index contributed by atoms with van der Waals surface area (Å²) in [6.45, 7) is 12.8. The number of hydrogen-bond donors (Lipinski definition) is 1. The SMILES string of the molecule is CC1=C2\CCC(C(=O)OC(C)(C)C)CCCO\C2=C/CCC/C=C\1CC1CCCc2cc(Nc3ccc(C4CCCCN(C5CN(C(=O)OCc6ccccc6)C5)CC4)cc3)ncc2CC1. The molecular weight excluding hydrogens is 821 g/mol. The van der Waals surface area contributed by atoms with Crippen molar-refractivity contribution in [1.82, 2.24) is 14.8 Å². The molecule has 3 fully saturated rings. The number of rotatable bonds is 9. The molecule has 0 saturated carbocycles. The molecule has 1 aromatic heterocycles. The first-order valence-electron chi connectivity index (χ1n) is 25.5. The van der Waals surface area contributed by atoms with Gasteiger partial charge in [0.15, 0.2) is 0 Å². The van der Waals surface area contributed by atoms with Crippen LogP contribution in [0.5, 0.6) is 0 Å². The topological polar surface area (TPSA) is 93.2 Å². The van der Waals surface area contributed by atoms with Crippen LogP contribution >= 0.6 is 0 Å². The second-order valence-corrected chi connectivity index (χ2v) is 20.8. The van der Waals surface area contributed by atoms with Crippen LogP contribution in [0.3, 0.4) is 0 Å². The summed E-state index contributed by atoms with van der Waals surface area (Å²) in [5.41, 5.74) is 9.96. The minimum Gasteiger partial charge on any atom is -0.494 e. The highest BCUT2D eigenvalue weighted by molar-refractivity contribution is 5.73. The molecule has 2 aromatic carbocycles. The molecule has 3 aliphatic heterocycles. The van der Waals surface area contributed by atoms with Crippen molar-refractivity contribution in [3.05, 3.63) is 124 Å². The smallest absolute Gasteiger partial charge is 0.410 e. The number of pyridine rings is 1. The van der Waals surface area contributed by atoms with Gasteiger partial charge >= 0.3 is 12.1 Å². The highest BCUT2D eigenvalue weighted by atomic mass is 16.6. The van der Waals surface area contributed by atoms with Crippen LogP contribution < -0.4 is 5.32 Å². The van der Waals surface area contributed by atoms with Crippen molar-refractivity contribution >= 4 is 23.6 Å². The lowest BCUT2D eigenvalue weighted by Gasteiger charge is -2.45. The standard InChI is InChI=1S/C57H76N4O5/c1-41-47(19-9-6-10-22-53-52(41)30-27-46(21-14-34-64-53)55(62)66-57(2,3)4)35-42-17-13-20-48-36-54(58-37-49(48)24-23-42)59-50-28-25-45(26-29-50)44-18-11-12-32-60(33-31-44)51-38-61(39-51)56(63)65-40-43-15-7-5-8-16-43/h5,7-8,15-16,19,22,25-26,28-29,36-37,42,44,46,51H,6,9-14,17-18,20-21,23-24,27,30-35,38-40H2,1-4H3,(H,58,59)/b47-19-,52-41-,53-22-. The van der Waals surface area contributed by atoms with Gasteiger partial charge in [0.05, 0.1) is 12.5 Å². The molecule has 1 N–H and O–H groups in total. The fourth-order valence-corrected chi connectivity index (χ4v) is 10.8. The summed E-state index contributed by atoms with van der Waals surface area (Å²) >= 11 is 0. The molecule has 3 atom stereocenters. The largest absolute Gasteiger partial charge is 0.494 e. The number of esters is 1. The lowest BCUT2D eigenvalue weighted by molar-refractivity contribution is -0.160. The molecule has 4 heterocycles. The molecule has 3 saturated heterocycles. The maximum atomic E-state index is 13.2. The van der Waals surface area contributed by atoms with Crippen LogP contribution in [0.4, 0.5) is 16.3 Å². The summed E-state index contributed by atoms with van der Waals surface area (Å²) in [5.74, 6) is 2.95. The molecule has 2 aliphatic carbocycles. The summed E-state index contributed by atoms with van der Waals surface area (Å²) in [4.78, 5) is 35.3. The maximum absolute atomic E-state index is 13.2. The van der Waals surface area contributed by atoms with Crippen molar-refractivity contribution in [2.75, 3.05) is 38.1 Å². The van der Waals surface area contributed by atoms with E-state index in [1.54, 1.807) is 0 Å². The van der Waals surface area contributed by atoms with Gasteiger partial charge in [0.25, 0.3) is 0 Å². The van der Waals surface area contributed by atoms with Gasteiger partial charge < -0.3 is 24.4 Å². The van der Waals surface area contributed by atoms with Gasteiger partial charge in [0.2, 0.25) is 0 Å². The number of hydrogen-bond acceptors (Lipinski definition) is 8. The second kappa shape index (κ2) is 22.7. The molecule has 9 heteroatoms. The van der Waals surface area contributed by atoms with Crippen LogP contribution in [0.2, 0.25) is 0 Å². The normalized spacial score (nSPS) is 25.6. The Morgan fingerprint density at radius 1 is 0.818 bits per heavy atom. The van der Waals surface area contributed by atoms with E-state index < -0.39 is 5.60 Å². The van der Waals surface area contributed by atoms with Crippen molar-refractivity contribution in [2.24, 2.45) is 11.8 Å². The van der Waals surface area contributed by atoms with Gasteiger partial charge in [-0.25, -0.2) is 9.78 Å². The molecule has 354 valence electrons. The van der Waals surface area contributed by atoms with Crippen molar-refractivity contribution in [3.63, 3.8) is 0 Å². The van der Waals surface area contributed by atoms with E-state index in [0.29, 0.717) is 31.1 Å². The van der Waals surface area contributed by atoms with E-state index in [-0.39, 0.29) is 18.0 Å². The van der Waals surface area contributed by atoms with Crippen molar-refractivity contribution in [3.8, 4) is 0 Å². The van der Waals surface area contributed by atoms with Gasteiger partial charge in [-0.3, -0.25) is 9.69 Å². The fraction of sp³-hybridized carbons (Fsp3) is 0.561. The number of anilines is 2. The monoisotopic (exact) mass is 897 g/mol. The van der Waals surface area contributed by atoms with E-state index in [4.69, 9.17) is 19.2 Å². The van der Waals surface area contributed by atoms with Crippen LogP contribution in [0.1, 0.15) is 152 Å². The first-order chi connectivity index (χ1) is 32.0. The van der Waals surface area contributed by atoms with Crippen LogP contribution in [-0.2, 0) is 38.5 Å². The Labute approximate surface area is 395 Å². The van der Waals surface area contributed by atoms with Crippen LogP contribution in [0.15, 0.2) is 101 Å². The number of amides is 1. The number of aryl methyl sites for hydroxylation is 2. The number of carbonyl (C=O) groups is 2. The number of nitrogens with one attached hydrogen (secondary N) is 1. The number of aromatic nitrogens is 1. The molecule has 0 spiro atoms. The number of carbonyl (C=O) groups excluding carboxylic acids is 2. The van der Waals surface area contributed by atoms with E-state index in [2.05, 4.69) is 65.8 Å². The zero-order valence-electron chi connectivity index (χ0n) is 40.5. The van der Waals surface area contributed by atoms with E-state index in [1.807, 2.05) is 56.0 Å². The Morgan fingerprint density at radius 3 is 2.45 bits per heavy atom. The zero-order valence-corrected chi connectivity index (χ0v) is 40.5. The van der Waals surface area contributed by atoms with Gasteiger partial charge in [-0.15, -0.1) is 0 Å². The second-order valence-electron chi connectivity index (χ2n) is 20.8. The predicted octanol–water partition coefficient (Wildman–Crippen LogP) is 12.9. The lowest BCUT2D eigenvalue weighted by atomic mass is 9.82. The number of allylic oxidation sites excluding steroid dienone is 5. The molecule has 3 aromatic rings. The van der Waals surface area contributed by atoms with Crippen LogP contribution in [0.25, 0.3) is 0 Å². The van der Waals surface area contributed by atoms with Gasteiger partial charge in [0, 0.05) is 31.0 Å². The average Bonchev–Trinajstić information content (AvgIpc) is 3.41. The van der Waals surface area contributed by atoms with Crippen molar-refractivity contribution < 1.29 is 23.8 Å². The minimum atomic E-state index is -0.480. The summed E-state index contributed by atoms with van der Waals surface area (Å²) in [6.07, 6.45) is 24.8. The highest BCUT2D eigenvalue weighted by Crippen LogP contribution is 2.38. The Bertz CT molecular complexity index is 2180. The number of nitrogens with zero attached hydrogens (tertiary/aromatic N) is 3. The predicted molar refractivity (Wildman–Crippen MR) is 265 cm³/mol. The highest BCUT2D eigenvalue weighted by Gasteiger charge is 2.36. The number of fused-ring (bicyclic) bond motifs is 2. The molecule has 1 amide bonds.